The molecule has 2 rings (SSSR count). The average molecular weight is 293 g/mol. The lowest BCUT2D eigenvalue weighted by Crippen LogP contribution is -2.16. The average Bonchev–Trinajstić information content (AvgIpc) is 2.38. The van der Waals surface area contributed by atoms with E-state index in [0.717, 1.165) is 11.8 Å². The van der Waals surface area contributed by atoms with Gasteiger partial charge in [0.05, 0.1) is 5.75 Å². The maximum Gasteiger partial charge on any atom is 0.346 e. The summed E-state index contributed by atoms with van der Waals surface area (Å²) in [4.78, 5) is 29.1. The number of carbonyl (C=O) groups excluding carboxylic acids is 1. The second-order valence-corrected chi connectivity index (χ2v) is 5.05. The molecule has 2 N–H and O–H groups in total. The molecule has 2 aromatic rings. The Morgan fingerprint density at radius 3 is 2.75 bits per heavy atom. The predicted octanol–water partition coefficient (Wildman–Crippen LogP) is 1.95. The van der Waals surface area contributed by atoms with E-state index in [4.69, 9.17) is 0 Å². The van der Waals surface area contributed by atoms with Crippen LogP contribution in [0.1, 0.15) is 5.69 Å². The molecule has 0 fully saturated rings. The molecule has 7 heteroatoms. The number of rotatable bonds is 4. The molecule has 1 heterocycles. The monoisotopic (exact) mass is 293 g/mol. The summed E-state index contributed by atoms with van der Waals surface area (Å²) >= 11 is 1.16. The standard InChI is InChI=1S/C13H12FN3O2S/c1-8-6-12(17-13(19)15-8)20-7-11(18)16-10-4-2-9(14)3-5-10/h2-6H,7H2,1H3,(H,16,18)(H,15,17,19). The van der Waals surface area contributed by atoms with Gasteiger partial charge in [-0.1, -0.05) is 11.8 Å². The van der Waals surface area contributed by atoms with Gasteiger partial charge in [0.1, 0.15) is 10.8 Å². The molecule has 1 aromatic heterocycles. The van der Waals surface area contributed by atoms with Crippen LogP contribution in [0.4, 0.5) is 10.1 Å². The molecule has 0 atom stereocenters. The Bertz CT molecular complexity index is 670. The number of hydrogen-bond acceptors (Lipinski definition) is 4. The van der Waals surface area contributed by atoms with Crippen molar-refractivity contribution in [3.05, 3.63) is 52.3 Å². The lowest BCUT2D eigenvalue weighted by atomic mass is 10.3. The summed E-state index contributed by atoms with van der Waals surface area (Å²) in [5.41, 5.74) is 0.768. The molecule has 0 radical (unpaired) electrons. The molecule has 104 valence electrons. The van der Waals surface area contributed by atoms with Gasteiger partial charge in [0.2, 0.25) is 5.91 Å². The van der Waals surface area contributed by atoms with Gasteiger partial charge in [-0.25, -0.2) is 9.18 Å². The van der Waals surface area contributed by atoms with Crippen LogP contribution < -0.4 is 11.0 Å². The van der Waals surface area contributed by atoms with E-state index in [2.05, 4.69) is 15.3 Å². The zero-order valence-corrected chi connectivity index (χ0v) is 11.5. The van der Waals surface area contributed by atoms with Crippen LogP contribution in [-0.4, -0.2) is 21.6 Å². The first-order valence-electron chi connectivity index (χ1n) is 5.79. The summed E-state index contributed by atoms with van der Waals surface area (Å²) in [5.74, 6) is -0.491. The molecule has 1 aromatic carbocycles. The van der Waals surface area contributed by atoms with Crippen molar-refractivity contribution in [3.8, 4) is 0 Å². The van der Waals surface area contributed by atoms with Crippen LogP contribution in [-0.2, 0) is 4.79 Å². The maximum absolute atomic E-state index is 12.7. The fourth-order valence-corrected chi connectivity index (χ4v) is 2.25. The van der Waals surface area contributed by atoms with E-state index < -0.39 is 5.69 Å². The molecule has 0 aliphatic rings. The third kappa shape index (κ3) is 4.20. The summed E-state index contributed by atoms with van der Waals surface area (Å²) in [6, 6.07) is 7.19. The maximum atomic E-state index is 12.7. The number of nitrogens with zero attached hydrogens (tertiary/aromatic N) is 1. The number of amides is 1. The minimum atomic E-state index is -0.438. The van der Waals surface area contributed by atoms with E-state index in [-0.39, 0.29) is 17.5 Å². The van der Waals surface area contributed by atoms with Gasteiger partial charge in [-0.15, -0.1) is 0 Å². The van der Waals surface area contributed by atoms with E-state index in [1.165, 1.54) is 24.3 Å². The molecule has 5 nitrogen and oxygen atoms in total. The number of hydrogen-bond donors (Lipinski definition) is 2. The van der Waals surface area contributed by atoms with Crippen molar-refractivity contribution >= 4 is 23.4 Å². The number of aryl methyl sites for hydroxylation is 1. The SMILES string of the molecule is Cc1cc(SCC(=O)Nc2ccc(F)cc2)nc(=O)[nH]1. The van der Waals surface area contributed by atoms with Crippen molar-refractivity contribution in [3.63, 3.8) is 0 Å². The number of H-pyrrole nitrogens is 1. The number of carbonyl (C=O) groups is 1. The van der Waals surface area contributed by atoms with Gasteiger partial charge in [0.25, 0.3) is 0 Å². The number of aromatic amines is 1. The summed E-state index contributed by atoms with van der Waals surface area (Å²) in [6.07, 6.45) is 0. The Labute approximate surface area is 118 Å². The summed E-state index contributed by atoms with van der Waals surface area (Å²) < 4.78 is 12.7. The van der Waals surface area contributed by atoms with Gasteiger partial charge in [0, 0.05) is 11.4 Å². The van der Waals surface area contributed by atoms with Crippen molar-refractivity contribution in [2.24, 2.45) is 0 Å². The Balaban J connectivity index is 1.92. The van der Waals surface area contributed by atoms with Crippen LogP contribution in [0, 0.1) is 12.7 Å². The topological polar surface area (TPSA) is 74.8 Å². The number of thioether (sulfide) groups is 1. The van der Waals surface area contributed by atoms with E-state index in [1.807, 2.05) is 0 Å². The van der Waals surface area contributed by atoms with Crippen LogP contribution in [0.2, 0.25) is 0 Å². The second-order valence-electron chi connectivity index (χ2n) is 4.05. The highest BCUT2D eigenvalue weighted by Gasteiger charge is 2.06. The first-order chi connectivity index (χ1) is 9.52. The lowest BCUT2D eigenvalue weighted by Gasteiger charge is -2.04. The minimum Gasteiger partial charge on any atom is -0.325 e. The highest BCUT2D eigenvalue weighted by atomic mass is 32.2. The molecule has 0 saturated heterocycles. The van der Waals surface area contributed by atoms with Crippen molar-refractivity contribution in [2.75, 3.05) is 11.1 Å². The van der Waals surface area contributed by atoms with E-state index in [1.54, 1.807) is 13.0 Å². The fraction of sp³-hybridized carbons (Fsp3) is 0.154. The van der Waals surface area contributed by atoms with Crippen molar-refractivity contribution in [2.45, 2.75) is 11.9 Å². The van der Waals surface area contributed by atoms with Crippen molar-refractivity contribution < 1.29 is 9.18 Å². The normalized spacial score (nSPS) is 10.3. The number of aromatic nitrogens is 2. The molecule has 1 amide bonds. The minimum absolute atomic E-state index is 0.118. The van der Waals surface area contributed by atoms with Crippen molar-refractivity contribution in [1.29, 1.82) is 0 Å². The number of nitrogens with one attached hydrogen (secondary N) is 2. The molecule has 0 aliphatic heterocycles. The van der Waals surface area contributed by atoms with Crippen LogP contribution >= 0.6 is 11.8 Å². The predicted molar refractivity (Wildman–Crippen MR) is 75.3 cm³/mol. The quantitative estimate of drug-likeness (QED) is 0.667. The van der Waals surface area contributed by atoms with E-state index in [0.29, 0.717) is 16.4 Å². The van der Waals surface area contributed by atoms with Gasteiger partial charge in [-0.05, 0) is 37.3 Å². The highest BCUT2D eigenvalue weighted by molar-refractivity contribution is 7.99. The third-order valence-corrected chi connectivity index (χ3v) is 3.25. The Morgan fingerprint density at radius 1 is 1.40 bits per heavy atom. The summed E-state index contributed by atoms with van der Waals surface area (Å²) in [6.45, 7) is 1.74. The molecule has 20 heavy (non-hydrogen) atoms. The third-order valence-electron chi connectivity index (χ3n) is 2.33. The fourth-order valence-electron chi connectivity index (χ4n) is 1.49. The molecular formula is C13H12FN3O2S. The van der Waals surface area contributed by atoms with Gasteiger partial charge >= 0.3 is 5.69 Å². The van der Waals surface area contributed by atoms with Gasteiger partial charge in [-0.3, -0.25) is 4.79 Å². The van der Waals surface area contributed by atoms with Crippen LogP contribution in [0.3, 0.4) is 0 Å². The first-order valence-corrected chi connectivity index (χ1v) is 6.78. The zero-order chi connectivity index (χ0) is 14.5. The molecule has 0 bridgehead atoms. The number of benzene rings is 1. The number of anilines is 1. The molecule has 0 saturated carbocycles. The Hall–Kier alpha value is -2.15. The van der Waals surface area contributed by atoms with E-state index in [9.17, 15) is 14.0 Å². The Morgan fingerprint density at radius 2 is 2.10 bits per heavy atom. The molecule has 0 aliphatic carbocycles. The zero-order valence-electron chi connectivity index (χ0n) is 10.6. The second kappa shape index (κ2) is 6.33. The largest absolute Gasteiger partial charge is 0.346 e. The van der Waals surface area contributed by atoms with Gasteiger partial charge in [0.15, 0.2) is 0 Å². The van der Waals surface area contributed by atoms with Crippen LogP contribution in [0.25, 0.3) is 0 Å². The summed E-state index contributed by atoms with van der Waals surface area (Å²) in [7, 11) is 0. The molecule has 0 spiro atoms. The molecular weight excluding hydrogens is 281 g/mol. The van der Waals surface area contributed by atoms with Gasteiger partial charge in [-0.2, -0.15) is 4.98 Å². The lowest BCUT2D eigenvalue weighted by molar-refractivity contribution is -0.113. The molecule has 0 unspecified atom stereocenters. The van der Waals surface area contributed by atoms with Crippen molar-refractivity contribution in [1.82, 2.24) is 9.97 Å². The van der Waals surface area contributed by atoms with Gasteiger partial charge < -0.3 is 10.3 Å². The Kier molecular flexibility index (Phi) is 4.52. The summed E-state index contributed by atoms with van der Waals surface area (Å²) in [5, 5.41) is 3.12. The van der Waals surface area contributed by atoms with Crippen LogP contribution in [0.15, 0.2) is 40.2 Å². The highest BCUT2D eigenvalue weighted by Crippen LogP contribution is 2.15. The first kappa shape index (κ1) is 14.3. The van der Waals surface area contributed by atoms with E-state index >= 15 is 0 Å². The number of halogens is 1. The smallest absolute Gasteiger partial charge is 0.325 e. The van der Waals surface area contributed by atoms with Crippen LogP contribution in [0.5, 0.6) is 0 Å².